The fourth-order valence-corrected chi connectivity index (χ4v) is 3.52. The molecule has 2 N–H and O–H groups in total. The van der Waals surface area contributed by atoms with E-state index in [2.05, 4.69) is 27.8 Å². The minimum Gasteiger partial charge on any atom is -0.299 e. The van der Waals surface area contributed by atoms with Crippen LogP contribution < -0.4 is 10.9 Å². The first-order valence-electron chi connectivity index (χ1n) is 8.42. The van der Waals surface area contributed by atoms with Crippen molar-refractivity contribution in [1.82, 2.24) is 20.7 Å². The molecule has 2 aliphatic rings. The summed E-state index contributed by atoms with van der Waals surface area (Å²) in [5, 5.41) is 0.852. The second-order valence-corrected chi connectivity index (χ2v) is 7.00. The van der Waals surface area contributed by atoms with Crippen molar-refractivity contribution >= 4 is 10.9 Å². The van der Waals surface area contributed by atoms with Crippen molar-refractivity contribution in [3.8, 4) is 0 Å². The van der Waals surface area contributed by atoms with Crippen LogP contribution in [0.5, 0.6) is 0 Å². The number of hydrogen-bond donors (Lipinski definition) is 2. The third-order valence-corrected chi connectivity index (χ3v) is 4.88. The van der Waals surface area contributed by atoms with E-state index in [1.165, 1.54) is 31.4 Å². The van der Waals surface area contributed by atoms with E-state index < -0.39 is 0 Å². The minimum absolute atomic E-state index is 0.214. The van der Waals surface area contributed by atoms with E-state index >= 15 is 0 Å². The Hall–Kier alpha value is -1.56. The van der Waals surface area contributed by atoms with Gasteiger partial charge in [0.15, 0.2) is 0 Å². The fraction of sp³-hybridized carbons (Fsp3) is 0.500. The van der Waals surface area contributed by atoms with Crippen molar-refractivity contribution in [3.63, 3.8) is 0 Å². The molecule has 0 amide bonds. The molecule has 2 aromatic rings. The number of likely N-dealkylation sites (N-methyl/N-ethyl adjacent to an activating group) is 1. The van der Waals surface area contributed by atoms with Crippen LogP contribution in [0.15, 0.2) is 30.3 Å². The molecule has 2 unspecified atom stereocenters. The molecule has 1 aromatic carbocycles. The van der Waals surface area contributed by atoms with Gasteiger partial charge < -0.3 is 0 Å². The van der Waals surface area contributed by atoms with Crippen LogP contribution in [0, 0.1) is 11.7 Å². The average molecular weight is 314 g/mol. The third kappa shape index (κ3) is 3.52. The number of halogens is 1. The summed E-state index contributed by atoms with van der Waals surface area (Å²) in [6.45, 7) is 1.80. The Bertz CT molecular complexity index is 700. The van der Waals surface area contributed by atoms with E-state index in [-0.39, 0.29) is 5.82 Å². The Morgan fingerprint density at radius 3 is 2.91 bits per heavy atom. The average Bonchev–Trinajstić information content (AvgIpc) is 3.28. The van der Waals surface area contributed by atoms with E-state index in [9.17, 15) is 4.39 Å². The molecule has 0 bridgehead atoms. The van der Waals surface area contributed by atoms with E-state index in [1.54, 1.807) is 6.07 Å². The highest BCUT2D eigenvalue weighted by Gasteiger charge is 2.36. The molecule has 2 heterocycles. The van der Waals surface area contributed by atoms with Gasteiger partial charge in [0.25, 0.3) is 0 Å². The lowest BCUT2D eigenvalue weighted by molar-refractivity contribution is 0.286. The fourth-order valence-electron chi connectivity index (χ4n) is 3.52. The number of hydrogen-bond acceptors (Lipinski definition) is 4. The van der Waals surface area contributed by atoms with Crippen LogP contribution in [-0.4, -0.2) is 35.6 Å². The van der Waals surface area contributed by atoms with Crippen LogP contribution in [-0.2, 0) is 6.54 Å². The van der Waals surface area contributed by atoms with Gasteiger partial charge in [-0.2, -0.15) is 0 Å². The monoisotopic (exact) mass is 314 g/mol. The third-order valence-electron chi connectivity index (χ3n) is 4.88. The summed E-state index contributed by atoms with van der Waals surface area (Å²) < 4.78 is 13.2. The first kappa shape index (κ1) is 15.0. The highest BCUT2D eigenvalue weighted by molar-refractivity contribution is 5.78. The van der Waals surface area contributed by atoms with Crippen LogP contribution in [0.4, 0.5) is 4.39 Å². The summed E-state index contributed by atoms with van der Waals surface area (Å²) in [7, 11) is 2.13. The SMILES string of the molecule is CN(Cc1ccc2cc(F)ccc2n1)CC1CC(C2CC2)NN1. The number of nitrogens with one attached hydrogen (secondary N) is 2. The lowest BCUT2D eigenvalue weighted by atomic mass is 10.1. The molecule has 2 fully saturated rings. The van der Waals surface area contributed by atoms with Gasteiger partial charge in [-0.3, -0.25) is 20.7 Å². The standard InChI is InChI=1S/C18H23FN4/c1-23(11-16-9-18(22-21-16)12-2-3-12)10-15-6-4-13-8-14(19)5-7-17(13)20-15/h4-8,12,16,18,21-22H,2-3,9-11H2,1H3. The van der Waals surface area contributed by atoms with Crippen molar-refractivity contribution in [2.24, 2.45) is 5.92 Å². The molecule has 2 atom stereocenters. The summed E-state index contributed by atoms with van der Waals surface area (Å²) in [6, 6.07) is 9.84. The summed E-state index contributed by atoms with van der Waals surface area (Å²) in [6.07, 6.45) is 3.96. The highest BCUT2D eigenvalue weighted by atomic mass is 19.1. The summed E-state index contributed by atoms with van der Waals surface area (Å²) in [4.78, 5) is 6.94. The minimum atomic E-state index is -0.214. The number of nitrogens with zero attached hydrogens (tertiary/aromatic N) is 2. The van der Waals surface area contributed by atoms with Crippen LogP contribution in [0.3, 0.4) is 0 Å². The number of benzene rings is 1. The highest BCUT2D eigenvalue weighted by Crippen LogP contribution is 2.35. The molecule has 122 valence electrons. The second kappa shape index (κ2) is 6.15. The predicted molar refractivity (Wildman–Crippen MR) is 89.2 cm³/mol. The van der Waals surface area contributed by atoms with E-state index in [0.717, 1.165) is 35.6 Å². The number of hydrazine groups is 1. The molecule has 1 aliphatic carbocycles. The molecule has 23 heavy (non-hydrogen) atoms. The topological polar surface area (TPSA) is 40.2 Å². The first-order chi connectivity index (χ1) is 11.2. The van der Waals surface area contributed by atoms with Gasteiger partial charge in [0, 0.05) is 30.6 Å². The normalized spacial score (nSPS) is 24.7. The Balaban J connectivity index is 1.36. The van der Waals surface area contributed by atoms with Crippen molar-refractivity contribution in [1.29, 1.82) is 0 Å². The molecule has 1 saturated carbocycles. The lowest BCUT2D eigenvalue weighted by Crippen LogP contribution is -2.39. The zero-order chi connectivity index (χ0) is 15.8. The number of aromatic nitrogens is 1. The Labute approximate surface area is 136 Å². The molecular formula is C18H23FN4. The first-order valence-corrected chi connectivity index (χ1v) is 8.42. The van der Waals surface area contributed by atoms with Gasteiger partial charge in [-0.25, -0.2) is 4.39 Å². The molecule has 1 aliphatic heterocycles. The van der Waals surface area contributed by atoms with Crippen molar-refractivity contribution in [3.05, 3.63) is 41.8 Å². The van der Waals surface area contributed by atoms with Gasteiger partial charge in [-0.1, -0.05) is 6.07 Å². The quantitative estimate of drug-likeness (QED) is 0.889. The van der Waals surface area contributed by atoms with Crippen LogP contribution in [0.2, 0.25) is 0 Å². The molecule has 1 saturated heterocycles. The molecule has 4 rings (SSSR count). The predicted octanol–water partition coefficient (Wildman–Crippen LogP) is 2.45. The maximum atomic E-state index is 13.2. The van der Waals surface area contributed by atoms with Crippen LogP contribution >= 0.6 is 0 Å². The molecular weight excluding hydrogens is 291 g/mol. The molecule has 0 radical (unpaired) electrons. The number of fused-ring (bicyclic) bond motifs is 1. The Morgan fingerprint density at radius 2 is 2.09 bits per heavy atom. The Kier molecular flexibility index (Phi) is 4.01. The van der Waals surface area contributed by atoms with Crippen LogP contribution in [0.25, 0.3) is 10.9 Å². The van der Waals surface area contributed by atoms with Crippen molar-refractivity contribution < 1.29 is 4.39 Å². The summed E-state index contributed by atoms with van der Waals surface area (Å²) >= 11 is 0. The molecule has 0 spiro atoms. The van der Waals surface area contributed by atoms with Gasteiger partial charge in [0.1, 0.15) is 5.82 Å². The summed E-state index contributed by atoms with van der Waals surface area (Å²) in [5.41, 5.74) is 8.74. The zero-order valence-corrected chi connectivity index (χ0v) is 13.4. The van der Waals surface area contributed by atoms with E-state index in [0.29, 0.717) is 12.1 Å². The smallest absolute Gasteiger partial charge is 0.123 e. The van der Waals surface area contributed by atoms with Gasteiger partial charge in [-0.15, -0.1) is 0 Å². The van der Waals surface area contributed by atoms with Gasteiger partial charge >= 0.3 is 0 Å². The molecule has 5 heteroatoms. The molecule has 4 nitrogen and oxygen atoms in total. The lowest BCUT2D eigenvalue weighted by Gasteiger charge is -2.20. The van der Waals surface area contributed by atoms with Crippen LogP contribution in [0.1, 0.15) is 25.0 Å². The van der Waals surface area contributed by atoms with Gasteiger partial charge in [0.05, 0.1) is 11.2 Å². The molecule has 1 aromatic heterocycles. The second-order valence-electron chi connectivity index (χ2n) is 7.00. The number of pyridine rings is 1. The van der Waals surface area contributed by atoms with E-state index in [4.69, 9.17) is 0 Å². The van der Waals surface area contributed by atoms with Crippen molar-refractivity contribution in [2.75, 3.05) is 13.6 Å². The van der Waals surface area contributed by atoms with Gasteiger partial charge in [0.2, 0.25) is 0 Å². The van der Waals surface area contributed by atoms with E-state index in [1.807, 2.05) is 12.1 Å². The zero-order valence-electron chi connectivity index (χ0n) is 13.4. The summed E-state index contributed by atoms with van der Waals surface area (Å²) in [5.74, 6) is 0.676. The van der Waals surface area contributed by atoms with Gasteiger partial charge in [-0.05, 0) is 56.5 Å². The maximum Gasteiger partial charge on any atom is 0.123 e. The van der Waals surface area contributed by atoms with Crippen molar-refractivity contribution in [2.45, 2.75) is 37.9 Å². The Morgan fingerprint density at radius 1 is 1.22 bits per heavy atom. The number of rotatable bonds is 5. The largest absolute Gasteiger partial charge is 0.299 e. The maximum absolute atomic E-state index is 13.2.